The highest BCUT2D eigenvalue weighted by molar-refractivity contribution is 6.11. The summed E-state index contributed by atoms with van der Waals surface area (Å²) in [7, 11) is 0. The minimum Gasteiger partial charge on any atom is -0.679 e. The Morgan fingerprint density at radius 1 is 0.411 bits per heavy atom. The highest BCUT2D eigenvalue weighted by Gasteiger charge is 2.17. The summed E-state index contributed by atoms with van der Waals surface area (Å²) < 4.78 is 4.71. The van der Waals surface area contributed by atoms with E-state index in [1.165, 1.54) is 32.9 Å². The highest BCUT2D eigenvalue weighted by atomic mass is 15.0. The van der Waals surface area contributed by atoms with Crippen molar-refractivity contribution >= 4 is 44.5 Å². The maximum atomic E-state index is 5.05. The average molecular weight is 717 g/mol. The minimum absolute atomic E-state index is 0.672. The summed E-state index contributed by atoms with van der Waals surface area (Å²) in [5, 5.41) is 8.69. The molecule has 0 N–H and O–H groups in total. The second-order valence-electron chi connectivity index (χ2n) is 14.2. The van der Waals surface area contributed by atoms with E-state index < -0.39 is 0 Å². The smallest absolute Gasteiger partial charge is 0.0702 e. The van der Waals surface area contributed by atoms with Crippen molar-refractivity contribution in [2.24, 2.45) is 0 Å². The van der Waals surface area contributed by atoms with Gasteiger partial charge in [0.25, 0.3) is 0 Å². The van der Waals surface area contributed by atoms with Crippen LogP contribution in [0.5, 0.6) is 0 Å². The van der Waals surface area contributed by atoms with Crippen LogP contribution in [0.25, 0.3) is 100 Å². The first-order chi connectivity index (χ1) is 27.8. The topological polar surface area (TPSA) is 49.7 Å². The van der Waals surface area contributed by atoms with E-state index in [2.05, 4.69) is 177 Å². The molecule has 0 saturated carbocycles. The van der Waals surface area contributed by atoms with Gasteiger partial charge in [-0.1, -0.05) is 72.8 Å². The van der Waals surface area contributed by atoms with Crippen LogP contribution < -0.4 is 0 Å². The van der Waals surface area contributed by atoms with Gasteiger partial charge in [0.15, 0.2) is 0 Å². The van der Waals surface area contributed by atoms with Crippen LogP contribution >= 0.6 is 0 Å². The Balaban J connectivity index is 1.00. The van der Waals surface area contributed by atoms with E-state index in [1.54, 1.807) is 0 Å². The molecule has 5 heteroatoms. The SMILES string of the molecule is C1=Cc2c(c3cc(-c4ccc5c(c4)c4ccccc4n5-c4ccccc4)ccc3n2-c2ccc(-c3cc(-c4ccccn4)cc(-c4ccccn4)c3)cc2)[N-]C1. The molecule has 0 radical (unpaired) electrons. The highest BCUT2D eigenvalue weighted by Crippen LogP contribution is 2.44. The first kappa shape index (κ1) is 32.0. The Morgan fingerprint density at radius 3 is 1.68 bits per heavy atom. The van der Waals surface area contributed by atoms with Crippen LogP contribution in [0.2, 0.25) is 0 Å². The molecule has 4 aromatic heterocycles. The van der Waals surface area contributed by atoms with Crippen LogP contribution in [-0.4, -0.2) is 25.6 Å². The third-order valence-electron chi connectivity index (χ3n) is 10.9. The molecule has 0 bridgehead atoms. The molecule has 0 saturated heterocycles. The predicted octanol–water partition coefficient (Wildman–Crippen LogP) is 13.2. The lowest BCUT2D eigenvalue weighted by atomic mass is 9.96. The van der Waals surface area contributed by atoms with Crippen molar-refractivity contribution in [3.8, 4) is 56.1 Å². The Kier molecular flexibility index (Phi) is 7.49. The van der Waals surface area contributed by atoms with Crippen molar-refractivity contribution in [3.63, 3.8) is 0 Å². The maximum absolute atomic E-state index is 5.05. The van der Waals surface area contributed by atoms with E-state index in [9.17, 15) is 0 Å². The first-order valence-electron chi connectivity index (χ1n) is 19.0. The van der Waals surface area contributed by atoms with Crippen molar-refractivity contribution in [3.05, 3.63) is 199 Å². The van der Waals surface area contributed by atoms with Crippen LogP contribution in [0.3, 0.4) is 0 Å². The third-order valence-corrected chi connectivity index (χ3v) is 10.9. The van der Waals surface area contributed by atoms with E-state index >= 15 is 0 Å². The van der Waals surface area contributed by atoms with E-state index in [0.717, 1.165) is 67.3 Å². The molecule has 10 aromatic rings. The monoisotopic (exact) mass is 716 g/mol. The van der Waals surface area contributed by atoms with Gasteiger partial charge in [0.2, 0.25) is 0 Å². The van der Waals surface area contributed by atoms with Crippen LogP contribution in [0.4, 0.5) is 5.69 Å². The summed E-state index contributed by atoms with van der Waals surface area (Å²) in [6, 6.07) is 60.5. The van der Waals surface area contributed by atoms with Gasteiger partial charge in [-0.15, -0.1) is 18.3 Å². The van der Waals surface area contributed by atoms with Crippen molar-refractivity contribution in [2.75, 3.05) is 6.54 Å². The van der Waals surface area contributed by atoms with Crippen LogP contribution in [0, 0.1) is 0 Å². The van der Waals surface area contributed by atoms with E-state index in [4.69, 9.17) is 5.32 Å². The largest absolute Gasteiger partial charge is 0.679 e. The number of fused-ring (bicyclic) bond motifs is 6. The second-order valence-corrected chi connectivity index (χ2v) is 14.2. The molecule has 6 aromatic carbocycles. The summed E-state index contributed by atoms with van der Waals surface area (Å²) >= 11 is 0. The number of rotatable bonds is 6. The van der Waals surface area contributed by atoms with Crippen molar-refractivity contribution in [1.82, 2.24) is 19.1 Å². The summed E-state index contributed by atoms with van der Waals surface area (Å²) in [6.07, 6.45) is 8.04. The minimum atomic E-state index is 0.672. The predicted molar refractivity (Wildman–Crippen MR) is 232 cm³/mol. The lowest BCUT2D eigenvalue weighted by molar-refractivity contribution is 1.10. The number of hydrogen-bond acceptors (Lipinski definition) is 2. The van der Waals surface area contributed by atoms with Gasteiger partial charge >= 0.3 is 0 Å². The molecule has 1 aliphatic rings. The van der Waals surface area contributed by atoms with Gasteiger partial charge in [-0.25, -0.2) is 0 Å². The Hall–Kier alpha value is -7.50. The van der Waals surface area contributed by atoms with Gasteiger partial charge in [0.05, 0.1) is 27.9 Å². The van der Waals surface area contributed by atoms with E-state index in [0.29, 0.717) is 6.54 Å². The van der Waals surface area contributed by atoms with Gasteiger partial charge < -0.3 is 14.5 Å². The summed E-state index contributed by atoms with van der Waals surface area (Å²) in [4.78, 5) is 9.32. The molecule has 5 nitrogen and oxygen atoms in total. The van der Waals surface area contributed by atoms with E-state index in [-0.39, 0.29) is 0 Å². The fourth-order valence-corrected chi connectivity index (χ4v) is 8.35. The molecular formula is C51H34N5-. The zero-order chi connectivity index (χ0) is 37.0. The zero-order valence-corrected chi connectivity index (χ0v) is 30.4. The molecule has 0 unspecified atom stereocenters. The van der Waals surface area contributed by atoms with Crippen molar-refractivity contribution in [2.45, 2.75) is 0 Å². The van der Waals surface area contributed by atoms with E-state index in [1.807, 2.05) is 36.7 Å². The molecule has 0 amide bonds. The number of para-hydroxylation sites is 2. The zero-order valence-electron chi connectivity index (χ0n) is 30.4. The molecule has 11 rings (SSSR count). The Morgan fingerprint density at radius 2 is 0.982 bits per heavy atom. The molecule has 0 aliphatic carbocycles. The number of nitrogens with zero attached hydrogens (tertiary/aromatic N) is 5. The number of benzene rings is 6. The summed E-state index contributed by atoms with van der Waals surface area (Å²) in [5.41, 5.74) is 16.5. The standard InChI is InChI=1S/C51H34N5/c1-2-11-40(12-3-1)55-47-16-5-4-13-42(47)43-32-35(20-24-48(43)55)36-21-25-49-44(33-36)51-50(17-10-28-54-51)56(49)41-22-18-34(19-23-41)37-29-38(45-14-6-8-26-52-45)31-39(30-37)46-15-7-9-27-53-46/h1-27,29-33H,28H2/q-1. The van der Waals surface area contributed by atoms with Gasteiger partial charge in [-0.3, -0.25) is 9.97 Å². The fraction of sp³-hybridized carbons (Fsp3) is 0.0196. The summed E-state index contributed by atoms with van der Waals surface area (Å²) in [6.45, 7) is 0.672. The normalized spacial score (nSPS) is 12.3. The quantitative estimate of drug-likeness (QED) is 0.172. The van der Waals surface area contributed by atoms with Crippen LogP contribution in [-0.2, 0) is 0 Å². The average Bonchev–Trinajstić information content (AvgIpc) is 3.79. The van der Waals surface area contributed by atoms with Crippen molar-refractivity contribution in [1.29, 1.82) is 0 Å². The maximum Gasteiger partial charge on any atom is 0.0702 e. The van der Waals surface area contributed by atoms with Gasteiger partial charge in [0.1, 0.15) is 0 Å². The fourth-order valence-electron chi connectivity index (χ4n) is 8.35. The molecule has 1 aliphatic heterocycles. The summed E-state index contributed by atoms with van der Waals surface area (Å²) in [5.74, 6) is 0. The number of aromatic nitrogens is 4. The molecule has 0 fully saturated rings. The van der Waals surface area contributed by atoms with Crippen LogP contribution in [0.1, 0.15) is 5.69 Å². The second kappa shape index (κ2) is 13.1. The molecule has 0 atom stereocenters. The van der Waals surface area contributed by atoms with Gasteiger partial charge in [-0.05, 0) is 131 Å². The van der Waals surface area contributed by atoms with Gasteiger partial charge in [0, 0.05) is 51.4 Å². The Bertz CT molecular complexity index is 3050. The van der Waals surface area contributed by atoms with Crippen molar-refractivity contribution < 1.29 is 0 Å². The van der Waals surface area contributed by atoms with Crippen LogP contribution in [0.15, 0.2) is 188 Å². The lowest BCUT2D eigenvalue weighted by Crippen LogP contribution is -1.98. The molecule has 0 spiro atoms. The van der Waals surface area contributed by atoms with Gasteiger partial charge in [-0.2, -0.15) is 0 Å². The molecule has 56 heavy (non-hydrogen) atoms. The Labute approximate surface area is 324 Å². The number of pyridine rings is 2. The molecule has 264 valence electrons. The molecular weight excluding hydrogens is 683 g/mol. The number of hydrogen-bond donors (Lipinski definition) is 0. The molecule has 5 heterocycles. The third kappa shape index (κ3) is 5.32. The first-order valence-corrected chi connectivity index (χ1v) is 19.0. The lowest BCUT2D eigenvalue weighted by Gasteiger charge is -2.24.